The van der Waals surface area contributed by atoms with Crippen molar-refractivity contribution in [3.63, 3.8) is 0 Å². The Morgan fingerprint density at radius 3 is 2.68 bits per heavy atom. The van der Waals surface area contributed by atoms with Crippen LogP contribution >= 0.6 is 0 Å². The molecule has 4 heterocycles. The Bertz CT molecular complexity index is 876. The molecule has 0 unspecified atom stereocenters. The first-order valence-corrected chi connectivity index (χ1v) is 7.60. The molecule has 2 aliphatic heterocycles. The summed E-state index contributed by atoms with van der Waals surface area (Å²) in [5, 5.41) is 0. The Balaban J connectivity index is 1.76. The number of rotatable bonds is 1. The third-order valence-electron chi connectivity index (χ3n) is 4.71. The van der Waals surface area contributed by atoms with Gasteiger partial charge in [0.1, 0.15) is 0 Å². The van der Waals surface area contributed by atoms with E-state index in [2.05, 4.69) is 45.7 Å². The van der Waals surface area contributed by atoms with E-state index in [1.54, 1.807) is 0 Å². The molecule has 2 aromatic heterocycles. The van der Waals surface area contributed by atoms with Crippen LogP contribution in [0.2, 0.25) is 0 Å². The molecule has 0 N–H and O–H groups in total. The molecule has 108 valence electrons. The summed E-state index contributed by atoms with van der Waals surface area (Å²) in [6.07, 6.45) is 7.69. The fourth-order valence-electron chi connectivity index (χ4n) is 3.73. The first-order valence-electron chi connectivity index (χ1n) is 7.60. The number of anilines is 1. The molecule has 0 bridgehead atoms. The molecule has 4 nitrogen and oxygen atoms in total. The minimum Gasteiger partial charge on any atom is -0.324 e. The number of amides is 1. The van der Waals surface area contributed by atoms with E-state index in [-0.39, 0.29) is 11.9 Å². The summed E-state index contributed by atoms with van der Waals surface area (Å²) in [7, 11) is 0. The lowest BCUT2D eigenvalue weighted by atomic mass is 10.1. The van der Waals surface area contributed by atoms with Gasteiger partial charge in [-0.1, -0.05) is 0 Å². The highest BCUT2D eigenvalue weighted by molar-refractivity contribution is 5.99. The maximum Gasteiger partial charge on any atom is 0.227 e. The summed E-state index contributed by atoms with van der Waals surface area (Å²) in [6.45, 7) is 0. The van der Waals surface area contributed by atoms with Gasteiger partial charge in [-0.25, -0.2) is 0 Å². The predicted molar refractivity (Wildman–Crippen MR) is 84.6 cm³/mol. The van der Waals surface area contributed by atoms with Gasteiger partial charge in [-0.2, -0.15) is 0 Å². The molecule has 1 saturated heterocycles. The van der Waals surface area contributed by atoms with Gasteiger partial charge in [-0.15, -0.1) is 0 Å². The number of carbonyl (C=O) groups excluding carboxylic acids is 1. The number of fused-ring (bicyclic) bond motifs is 6. The molecule has 1 atom stereocenters. The second-order valence-corrected chi connectivity index (χ2v) is 5.88. The Labute approximate surface area is 128 Å². The molecular weight excluding hydrogens is 274 g/mol. The standard InChI is InChI=1S/C18H15N3O/c22-18-8-7-15-14-4-3-11-20(14)17-12-13(19-9-1-2-10-19)5-6-16(17)21(15)18/h1-6,9-12,15H,7-8H2/t15-/m1/s1. The summed E-state index contributed by atoms with van der Waals surface area (Å²) < 4.78 is 4.31. The fourth-order valence-corrected chi connectivity index (χ4v) is 3.73. The molecule has 0 aliphatic carbocycles. The quantitative estimate of drug-likeness (QED) is 0.675. The number of aromatic nitrogens is 2. The lowest BCUT2D eigenvalue weighted by Crippen LogP contribution is -2.32. The van der Waals surface area contributed by atoms with Crippen LogP contribution in [0.15, 0.2) is 61.1 Å². The molecule has 0 spiro atoms. The van der Waals surface area contributed by atoms with Crippen LogP contribution in [0.5, 0.6) is 0 Å². The second kappa shape index (κ2) is 4.13. The van der Waals surface area contributed by atoms with E-state index < -0.39 is 0 Å². The number of carbonyl (C=O) groups is 1. The molecule has 3 aromatic rings. The fraction of sp³-hybridized carbons (Fsp3) is 0.167. The van der Waals surface area contributed by atoms with Crippen LogP contribution in [-0.2, 0) is 4.79 Å². The summed E-state index contributed by atoms with van der Waals surface area (Å²) in [6, 6.07) is 14.7. The van der Waals surface area contributed by atoms with E-state index >= 15 is 0 Å². The molecule has 1 aromatic carbocycles. The van der Waals surface area contributed by atoms with Crippen LogP contribution in [0.3, 0.4) is 0 Å². The first kappa shape index (κ1) is 11.9. The smallest absolute Gasteiger partial charge is 0.227 e. The van der Waals surface area contributed by atoms with Crippen LogP contribution in [0.1, 0.15) is 24.6 Å². The van der Waals surface area contributed by atoms with Crippen LogP contribution in [-0.4, -0.2) is 15.0 Å². The van der Waals surface area contributed by atoms with Crippen molar-refractivity contribution < 1.29 is 4.79 Å². The average Bonchev–Trinajstić information content (AvgIpc) is 3.27. The first-order chi connectivity index (χ1) is 10.8. The van der Waals surface area contributed by atoms with E-state index in [0.29, 0.717) is 6.42 Å². The Hall–Kier alpha value is -2.75. The van der Waals surface area contributed by atoms with Crippen LogP contribution in [0.4, 0.5) is 5.69 Å². The van der Waals surface area contributed by atoms with Crippen molar-refractivity contribution in [3.05, 3.63) is 66.7 Å². The van der Waals surface area contributed by atoms with Crippen molar-refractivity contribution in [3.8, 4) is 11.4 Å². The topological polar surface area (TPSA) is 30.2 Å². The molecule has 2 aliphatic rings. The van der Waals surface area contributed by atoms with Gasteiger partial charge in [0, 0.05) is 36.4 Å². The summed E-state index contributed by atoms with van der Waals surface area (Å²) >= 11 is 0. The predicted octanol–water partition coefficient (Wildman–Crippen LogP) is 3.45. The molecule has 1 fully saturated rings. The van der Waals surface area contributed by atoms with Gasteiger partial charge in [0.2, 0.25) is 5.91 Å². The van der Waals surface area contributed by atoms with Crippen molar-refractivity contribution in [1.29, 1.82) is 0 Å². The van der Waals surface area contributed by atoms with Crippen molar-refractivity contribution in [1.82, 2.24) is 9.13 Å². The average molecular weight is 289 g/mol. The number of hydrogen-bond acceptors (Lipinski definition) is 1. The van der Waals surface area contributed by atoms with Crippen molar-refractivity contribution in [2.24, 2.45) is 0 Å². The minimum absolute atomic E-state index is 0.187. The lowest BCUT2D eigenvalue weighted by Gasteiger charge is -2.33. The summed E-state index contributed by atoms with van der Waals surface area (Å²) in [5.74, 6) is 0.229. The molecule has 5 rings (SSSR count). The maximum absolute atomic E-state index is 12.3. The van der Waals surface area contributed by atoms with Gasteiger partial charge in [-0.05, 0) is 48.9 Å². The van der Waals surface area contributed by atoms with Gasteiger partial charge >= 0.3 is 0 Å². The highest BCUT2D eigenvalue weighted by Gasteiger charge is 2.39. The third-order valence-corrected chi connectivity index (χ3v) is 4.71. The molecule has 0 saturated carbocycles. The van der Waals surface area contributed by atoms with Crippen LogP contribution < -0.4 is 4.90 Å². The highest BCUT2D eigenvalue weighted by atomic mass is 16.2. The van der Waals surface area contributed by atoms with Gasteiger partial charge in [-0.3, -0.25) is 4.79 Å². The monoisotopic (exact) mass is 289 g/mol. The Kier molecular flexibility index (Phi) is 2.23. The van der Waals surface area contributed by atoms with Gasteiger partial charge in [0.25, 0.3) is 0 Å². The van der Waals surface area contributed by atoms with Crippen molar-refractivity contribution >= 4 is 11.6 Å². The molecule has 22 heavy (non-hydrogen) atoms. The van der Waals surface area contributed by atoms with Gasteiger partial charge in [0.05, 0.1) is 17.4 Å². The zero-order valence-electron chi connectivity index (χ0n) is 12.0. The Morgan fingerprint density at radius 2 is 1.82 bits per heavy atom. The second-order valence-electron chi connectivity index (χ2n) is 5.88. The normalized spacial score (nSPS) is 19.0. The largest absolute Gasteiger partial charge is 0.324 e. The van der Waals surface area contributed by atoms with Crippen molar-refractivity contribution in [2.75, 3.05) is 4.90 Å². The van der Waals surface area contributed by atoms with E-state index in [9.17, 15) is 4.79 Å². The van der Waals surface area contributed by atoms with E-state index in [1.807, 2.05) is 29.4 Å². The molecule has 0 radical (unpaired) electrons. The van der Waals surface area contributed by atoms with Gasteiger partial charge < -0.3 is 14.0 Å². The van der Waals surface area contributed by atoms with E-state index in [1.165, 1.54) is 5.69 Å². The number of nitrogens with zero attached hydrogens (tertiary/aromatic N) is 3. The summed E-state index contributed by atoms with van der Waals surface area (Å²) in [5.41, 5.74) is 4.42. The zero-order valence-corrected chi connectivity index (χ0v) is 12.0. The van der Waals surface area contributed by atoms with Crippen molar-refractivity contribution in [2.45, 2.75) is 18.9 Å². The number of benzene rings is 1. The number of hydrogen-bond donors (Lipinski definition) is 0. The Morgan fingerprint density at radius 1 is 0.955 bits per heavy atom. The van der Waals surface area contributed by atoms with Crippen LogP contribution in [0, 0.1) is 0 Å². The maximum atomic E-state index is 12.3. The zero-order chi connectivity index (χ0) is 14.7. The SMILES string of the molecule is O=C1CC[C@@H]2c3cccn3-c3cc(-n4cccc4)ccc3N12. The molecule has 4 heteroatoms. The molecule has 1 amide bonds. The minimum atomic E-state index is 0.187. The lowest BCUT2D eigenvalue weighted by molar-refractivity contribution is -0.117. The van der Waals surface area contributed by atoms with Gasteiger partial charge in [0.15, 0.2) is 0 Å². The third kappa shape index (κ3) is 1.44. The van der Waals surface area contributed by atoms with Crippen LogP contribution in [0.25, 0.3) is 11.4 Å². The van der Waals surface area contributed by atoms with E-state index in [4.69, 9.17) is 0 Å². The summed E-state index contributed by atoms with van der Waals surface area (Å²) in [4.78, 5) is 14.3. The molecular formula is C18H15N3O. The highest BCUT2D eigenvalue weighted by Crippen LogP contribution is 2.45. The van der Waals surface area contributed by atoms with E-state index in [0.717, 1.165) is 23.5 Å².